The van der Waals surface area contributed by atoms with Crippen LogP contribution in [0.25, 0.3) is 0 Å². The number of hydrogen-bond donors (Lipinski definition) is 2. The highest BCUT2D eigenvalue weighted by Gasteiger charge is 2.52. The molecule has 2 saturated carbocycles. The van der Waals surface area contributed by atoms with E-state index in [9.17, 15) is 18.4 Å². The van der Waals surface area contributed by atoms with E-state index in [0.29, 0.717) is 19.3 Å². The van der Waals surface area contributed by atoms with Gasteiger partial charge >= 0.3 is 5.97 Å². The average Bonchev–Trinajstić information content (AvgIpc) is 3.33. The van der Waals surface area contributed by atoms with Crippen LogP contribution in [-0.2, 0) is 9.59 Å². The molecular formula is C15H15F2NO3. The van der Waals surface area contributed by atoms with Crippen LogP contribution >= 0.6 is 0 Å². The van der Waals surface area contributed by atoms with Crippen LogP contribution in [0.2, 0.25) is 0 Å². The largest absolute Gasteiger partial charge is 0.481 e. The normalized spacial score (nSPS) is 25.2. The van der Waals surface area contributed by atoms with Crippen molar-refractivity contribution in [2.24, 2.45) is 11.3 Å². The third-order valence-electron chi connectivity index (χ3n) is 4.42. The van der Waals surface area contributed by atoms with E-state index in [-0.39, 0.29) is 23.9 Å². The van der Waals surface area contributed by atoms with Gasteiger partial charge in [0.15, 0.2) is 11.6 Å². The van der Waals surface area contributed by atoms with Crippen LogP contribution in [0.3, 0.4) is 0 Å². The molecule has 2 N–H and O–H groups in total. The van der Waals surface area contributed by atoms with E-state index in [1.165, 1.54) is 12.1 Å². The summed E-state index contributed by atoms with van der Waals surface area (Å²) in [6.45, 7) is 0.107. The van der Waals surface area contributed by atoms with Gasteiger partial charge in [0.2, 0.25) is 5.91 Å². The lowest BCUT2D eigenvalue weighted by Gasteiger charge is -2.11. The molecule has 2 atom stereocenters. The van der Waals surface area contributed by atoms with Crippen molar-refractivity contribution in [1.82, 2.24) is 5.32 Å². The molecule has 0 spiro atoms. The van der Waals surface area contributed by atoms with Gasteiger partial charge in [-0.05, 0) is 36.8 Å². The minimum atomic E-state index is -0.915. The van der Waals surface area contributed by atoms with Crippen molar-refractivity contribution in [3.8, 4) is 0 Å². The molecule has 0 aliphatic heterocycles. The summed E-state index contributed by atoms with van der Waals surface area (Å²) >= 11 is 0. The molecule has 0 saturated heterocycles. The number of carboxylic acids is 1. The molecule has 2 unspecified atom stereocenters. The molecule has 1 aromatic carbocycles. The monoisotopic (exact) mass is 295 g/mol. The van der Waals surface area contributed by atoms with Crippen molar-refractivity contribution >= 4 is 11.9 Å². The summed E-state index contributed by atoms with van der Waals surface area (Å²) in [5.74, 6) is -3.71. The number of nitrogens with one attached hydrogen (secondary N) is 1. The Morgan fingerprint density at radius 1 is 1.33 bits per heavy atom. The summed E-state index contributed by atoms with van der Waals surface area (Å²) in [6, 6.07) is 3.95. The summed E-state index contributed by atoms with van der Waals surface area (Å²) in [5, 5.41) is 11.7. The van der Waals surface area contributed by atoms with Gasteiger partial charge in [0.1, 0.15) is 0 Å². The van der Waals surface area contributed by atoms with E-state index in [0.717, 1.165) is 6.07 Å². The minimum Gasteiger partial charge on any atom is -0.481 e. The zero-order valence-electron chi connectivity index (χ0n) is 11.2. The lowest BCUT2D eigenvalue weighted by molar-refractivity contribution is -0.143. The first kappa shape index (κ1) is 14.0. The van der Waals surface area contributed by atoms with Crippen LogP contribution in [-0.4, -0.2) is 23.5 Å². The smallest absolute Gasteiger partial charge is 0.311 e. The van der Waals surface area contributed by atoms with Gasteiger partial charge in [-0.3, -0.25) is 9.59 Å². The third-order valence-corrected chi connectivity index (χ3v) is 4.42. The maximum Gasteiger partial charge on any atom is 0.311 e. The molecule has 0 heterocycles. The summed E-state index contributed by atoms with van der Waals surface area (Å²) in [6.07, 6.45) is 1.59. The van der Waals surface area contributed by atoms with Crippen molar-refractivity contribution < 1.29 is 23.5 Å². The fraction of sp³-hybridized carbons (Fsp3) is 0.467. The highest BCUT2D eigenvalue weighted by Crippen LogP contribution is 2.49. The lowest BCUT2D eigenvalue weighted by Crippen LogP contribution is -2.35. The van der Waals surface area contributed by atoms with Crippen LogP contribution in [0, 0.1) is 23.0 Å². The SMILES string of the molecule is O=C(NCC1(C(=O)O)CC1)C1CC1c1cccc(F)c1F. The Labute approximate surface area is 120 Å². The van der Waals surface area contributed by atoms with Crippen LogP contribution < -0.4 is 5.32 Å². The van der Waals surface area contributed by atoms with Crippen LogP contribution in [0.4, 0.5) is 8.78 Å². The molecule has 1 amide bonds. The number of carbonyl (C=O) groups excluding carboxylic acids is 1. The second-order valence-corrected chi connectivity index (χ2v) is 5.90. The molecule has 112 valence electrons. The molecule has 0 aromatic heterocycles. The molecule has 1 aromatic rings. The molecule has 2 fully saturated rings. The van der Waals surface area contributed by atoms with Crippen molar-refractivity contribution in [3.05, 3.63) is 35.4 Å². The van der Waals surface area contributed by atoms with Crippen molar-refractivity contribution in [2.75, 3.05) is 6.54 Å². The Bertz CT molecular complexity index is 613. The van der Waals surface area contributed by atoms with Gasteiger partial charge in [-0.1, -0.05) is 12.1 Å². The molecule has 0 bridgehead atoms. The first-order valence-electron chi connectivity index (χ1n) is 6.90. The fourth-order valence-corrected chi connectivity index (χ4v) is 2.64. The van der Waals surface area contributed by atoms with E-state index in [1.54, 1.807) is 0 Å². The van der Waals surface area contributed by atoms with Crippen LogP contribution in [0.15, 0.2) is 18.2 Å². The van der Waals surface area contributed by atoms with Gasteiger partial charge in [0, 0.05) is 12.5 Å². The number of benzene rings is 1. The number of amides is 1. The number of carboxylic acid groups (broad SMARTS) is 1. The van der Waals surface area contributed by atoms with Gasteiger partial charge in [0.25, 0.3) is 0 Å². The molecule has 2 aliphatic carbocycles. The molecule has 4 nitrogen and oxygen atoms in total. The van der Waals surface area contributed by atoms with E-state index in [2.05, 4.69) is 5.32 Å². The molecule has 0 radical (unpaired) electrons. The Kier molecular flexibility index (Phi) is 3.19. The van der Waals surface area contributed by atoms with Crippen molar-refractivity contribution in [1.29, 1.82) is 0 Å². The van der Waals surface area contributed by atoms with Crippen molar-refractivity contribution in [3.63, 3.8) is 0 Å². The second-order valence-electron chi connectivity index (χ2n) is 5.90. The van der Waals surface area contributed by atoms with Gasteiger partial charge < -0.3 is 10.4 Å². The van der Waals surface area contributed by atoms with Gasteiger partial charge in [-0.15, -0.1) is 0 Å². The Morgan fingerprint density at radius 2 is 2.05 bits per heavy atom. The third kappa shape index (κ3) is 2.50. The predicted octanol–water partition coefficient (Wildman–Crippen LogP) is 2.05. The Balaban J connectivity index is 1.59. The van der Waals surface area contributed by atoms with E-state index in [1.807, 2.05) is 0 Å². The standard InChI is InChI=1S/C15H15F2NO3/c16-11-3-1-2-8(12(11)17)9-6-10(9)13(19)18-7-15(4-5-15)14(20)21/h1-3,9-10H,4-7H2,(H,18,19)(H,20,21). The van der Waals surface area contributed by atoms with E-state index < -0.39 is 28.9 Å². The molecule has 21 heavy (non-hydrogen) atoms. The summed E-state index contributed by atoms with van der Waals surface area (Å²) in [5.41, 5.74) is -0.598. The number of aliphatic carboxylic acids is 1. The quantitative estimate of drug-likeness (QED) is 0.873. The minimum absolute atomic E-state index is 0.107. The molecular weight excluding hydrogens is 280 g/mol. The zero-order chi connectivity index (χ0) is 15.2. The summed E-state index contributed by atoms with van der Waals surface area (Å²) in [7, 11) is 0. The number of hydrogen-bond acceptors (Lipinski definition) is 2. The fourth-order valence-electron chi connectivity index (χ4n) is 2.64. The van der Waals surface area contributed by atoms with Crippen molar-refractivity contribution in [2.45, 2.75) is 25.2 Å². The highest BCUT2D eigenvalue weighted by atomic mass is 19.2. The average molecular weight is 295 g/mol. The predicted molar refractivity (Wildman–Crippen MR) is 69.5 cm³/mol. The van der Waals surface area contributed by atoms with E-state index >= 15 is 0 Å². The Morgan fingerprint density at radius 3 is 2.67 bits per heavy atom. The highest BCUT2D eigenvalue weighted by molar-refractivity contribution is 5.84. The Hall–Kier alpha value is -1.98. The van der Waals surface area contributed by atoms with Crippen LogP contribution in [0.1, 0.15) is 30.7 Å². The maximum atomic E-state index is 13.6. The molecule has 2 aliphatic rings. The summed E-state index contributed by atoms with van der Waals surface area (Å²) < 4.78 is 26.8. The molecule has 3 rings (SSSR count). The van der Waals surface area contributed by atoms with Gasteiger partial charge in [0.05, 0.1) is 5.41 Å². The zero-order valence-corrected chi connectivity index (χ0v) is 11.2. The number of carbonyl (C=O) groups is 2. The van der Waals surface area contributed by atoms with Gasteiger partial charge in [-0.25, -0.2) is 8.78 Å². The van der Waals surface area contributed by atoms with E-state index in [4.69, 9.17) is 5.11 Å². The number of halogens is 2. The topological polar surface area (TPSA) is 66.4 Å². The second kappa shape index (κ2) is 4.79. The maximum absolute atomic E-state index is 13.6. The number of rotatable bonds is 5. The first-order valence-corrected chi connectivity index (χ1v) is 6.90. The molecule has 6 heteroatoms. The van der Waals surface area contributed by atoms with Gasteiger partial charge in [-0.2, -0.15) is 0 Å². The summed E-state index contributed by atoms with van der Waals surface area (Å²) in [4.78, 5) is 23.0. The lowest BCUT2D eigenvalue weighted by atomic mass is 10.1. The van der Waals surface area contributed by atoms with Crippen LogP contribution in [0.5, 0.6) is 0 Å². The first-order chi connectivity index (χ1) is 9.94.